The molecule has 1 rings (SSSR count). The Morgan fingerprint density at radius 1 is 1.65 bits per heavy atom. The number of hydrogen-bond acceptors (Lipinski definition) is 6. The number of nitrogens with one attached hydrogen (secondary N) is 1. The van der Waals surface area contributed by atoms with Gasteiger partial charge in [-0.05, 0) is 5.16 Å². The Morgan fingerprint density at radius 2 is 2.41 bits per heavy atom. The lowest BCUT2D eigenvalue weighted by Gasteiger charge is -2.00. The number of aromatic nitrogens is 1. The van der Waals surface area contributed by atoms with Crippen molar-refractivity contribution in [3.8, 4) is 5.88 Å². The number of carboxylic acids is 1. The number of carbonyl (C=O) groups is 2. The second kappa shape index (κ2) is 6.79. The summed E-state index contributed by atoms with van der Waals surface area (Å²) in [7, 11) is 1.42. The van der Waals surface area contributed by atoms with Gasteiger partial charge in [0.25, 0.3) is 11.8 Å². The lowest BCUT2D eigenvalue weighted by atomic mass is 10.4. The Labute approximate surface area is 101 Å². The zero-order valence-electron chi connectivity index (χ0n) is 9.13. The van der Waals surface area contributed by atoms with E-state index in [2.05, 4.69) is 10.5 Å². The molecule has 17 heavy (non-hydrogen) atoms. The summed E-state index contributed by atoms with van der Waals surface area (Å²) in [6.45, 7) is 0.361. The quantitative estimate of drug-likeness (QED) is 0.676. The van der Waals surface area contributed by atoms with Crippen molar-refractivity contribution in [1.29, 1.82) is 0 Å². The van der Waals surface area contributed by atoms with E-state index >= 15 is 0 Å². The molecule has 1 aromatic rings. The van der Waals surface area contributed by atoms with Crippen LogP contribution in [0.2, 0.25) is 0 Å². The molecule has 0 radical (unpaired) electrons. The van der Waals surface area contributed by atoms with Crippen LogP contribution in [-0.2, 0) is 4.79 Å². The Bertz CT molecular complexity index is 392. The van der Waals surface area contributed by atoms with Crippen LogP contribution in [-0.4, -0.2) is 47.3 Å². The van der Waals surface area contributed by atoms with Gasteiger partial charge >= 0.3 is 5.97 Å². The Morgan fingerprint density at radius 3 is 3.00 bits per heavy atom. The summed E-state index contributed by atoms with van der Waals surface area (Å²) >= 11 is 1.22. The summed E-state index contributed by atoms with van der Waals surface area (Å²) in [5.41, 5.74) is 0. The van der Waals surface area contributed by atoms with E-state index in [4.69, 9.17) is 14.4 Å². The molecule has 1 aromatic heterocycles. The third kappa shape index (κ3) is 4.77. The van der Waals surface area contributed by atoms with Gasteiger partial charge in [-0.3, -0.25) is 9.59 Å². The minimum atomic E-state index is -0.874. The Kier molecular flexibility index (Phi) is 5.34. The van der Waals surface area contributed by atoms with E-state index in [9.17, 15) is 9.59 Å². The van der Waals surface area contributed by atoms with Gasteiger partial charge < -0.3 is 19.7 Å². The maximum atomic E-state index is 11.4. The number of thioether (sulfide) groups is 1. The average molecular weight is 260 g/mol. The van der Waals surface area contributed by atoms with E-state index in [1.807, 2.05) is 0 Å². The molecule has 2 N–H and O–H groups in total. The van der Waals surface area contributed by atoms with Gasteiger partial charge in [-0.15, -0.1) is 11.8 Å². The molecular weight excluding hydrogens is 248 g/mol. The topological polar surface area (TPSA) is 102 Å². The van der Waals surface area contributed by atoms with Crippen molar-refractivity contribution in [3.63, 3.8) is 0 Å². The van der Waals surface area contributed by atoms with E-state index in [1.54, 1.807) is 0 Å². The molecule has 0 spiro atoms. The van der Waals surface area contributed by atoms with Crippen LogP contribution in [0.15, 0.2) is 10.6 Å². The van der Waals surface area contributed by atoms with Gasteiger partial charge in [-0.2, -0.15) is 0 Å². The Hall–Kier alpha value is -1.70. The molecule has 94 valence electrons. The van der Waals surface area contributed by atoms with Crippen molar-refractivity contribution in [1.82, 2.24) is 10.5 Å². The minimum absolute atomic E-state index is 0.0198. The van der Waals surface area contributed by atoms with Gasteiger partial charge in [0.1, 0.15) is 0 Å². The molecular formula is C9H12N2O5S. The van der Waals surface area contributed by atoms with Crippen molar-refractivity contribution in [2.45, 2.75) is 0 Å². The van der Waals surface area contributed by atoms with Crippen LogP contribution in [0.3, 0.4) is 0 Å². The number of carboxylic acid groups (broad SMARTS) is 1. The van der Waals surface area contributed by atoms with E-state index in [1.165, 1.54) is 24.9 Å². The normalized spacial score (nSPS) is 9.94. The van der Waals surface area contributed by atoms with Gasteiger partial charge in [0.05, 0.1) is 18.9 Å². The smallest absolute Gasteiger partial charge is 0.313 e. The summed E-state index contributed by atoms with van der Waals surface area (Å²) in [6.07, 6.45) is 0. The third-order valence-corrected chi connectivity index (χ3v) is 2.62. The van der Waals surface area contributed by atoms with E-state index < -0.39 is 11.9 Å². The lowest BCUT2D eigenvalue weighted by molar-refractivity contribution is -0.133. The predicted molar refractivity (Wildman–Crippen MR) is 60.3 cm³/mol. The first-order chi connectivity index (χ1) is 8.13. The van der Waals surface area contributed by atoms with Gasteiger partial charge in [-0.25, -0.2) is 0 Å². The van der Waals surface area contributed by atoms with Crippen molar-refractivity contribution < 1.29 is 24.0 Å². The second-order valence-electron chi connectivity index (χ2n) is 2.94. The average Bonchev–Trinajstić information content (AvgIpc) is 2.76. The Balaban J connectivity index is 2.23. The maximum absolute atomic E-state index is 11.4. The van der Waals surface area contributed by atoms with Gasteiger partial charge in [-0.1, -0.05) is 0 Å². The molecule has 0 aliphatic carbocycles. The number of hydrogen-bond donors (Lipinski definition) is 2. The number of rotatable bonds is 7. The highest BCUT2D eigenvalue weighted by Crippen LogP contribution is 2.09. The summed E-state index contributed by atoms with van der Waals surface area (Å²) in [5, 5.41) is 14.4. The molecule has 1 heterocycles. The molecule has 8 heteroatoms. The SMILES string of the molecule is COc1cc(C(=O)NCCSCC(=O)O)on1. The molecule has 1 amide bonds. The molecule has 0 saturated carbocycles. The molecule has 0 atom stereocenters. The zero-order chi connectivity index (χ0) is 12.7. The van der Waals surface area contributed by atoms with E-state index in [-0.39, 0.29) is 17.4 Å². The predicted octanol–water partition coefficient (Wildman–Crippen LogP) is 0.231. The molecule has 0 fully saturated rings. The first-order valence-electron chi connectivity index (χ1n) is 4.72. The van der Waals surface area contributed by atoms with Crippen molar-refractivity contribution in [2.75, 3.05) is 25.2 Å². The van der Waals surface area contributed by atoms with Crippen molar-refractivity contribution in [2.24, 2.45) is 0 Å². The lowest BCUT2D eigenvalue weighted by Crippen LogP contribution is -2.25. The minimum Gasteiger partial charge on any atom is -0.481 e. The molecule has 0 aliphatic heterocycles. The first kappa shape index (κ1) is 13.4. The number of ether oxygens (including phenoxy) is 1. The second-order valence-corrected chi connectivity index (χ2v) is 4.04. The van der Waals surface area contributed by atoms with Gasteiger partial charge in [0, 0.05) is 12.3 Å². The van der Waals surface area contributed by atoms with Crippen LogP contribution in [0.5, 0.6) is 5.88 Å². The van der Waals surface area contributed by atoms with Crippen LogP contribution in [0, 0.1) is 0 Å². The molecule has 7 nitrogen and oxygen atoms in total. The van der Waals surface area contributed by atoms with Gasteiger partial charge in [0.2, 0.25) is 5.76 Å². The molecule has 0 aliphatic rings. The van der Waals surface area contributed by atoms with Crippen LogP contribution in [0.1, 0.15) is 10.6 Å². The number of carbonyl (C=O) groups excluding carboxylic acids is 1. The number of nitrogens with zero attached hydrogens (tertiary/aromatic N) is 1. The summed E-state index contributed by atoms with van der Waals surface area (Å²) in [6, 6.07) is 1.37. The first-order valence-corrected chi connectivity index (χ1v) is 5.87. The summed E-state index contributed by atoms with van der Waals surface area (Å²) in [4.78, 5) is 21.7. The number of methoxy groups -OCH3 is 1. The van der Waals surface area contributed by atoms with E-state index in [0.717, 1.165) is 0 Å². The fourth-order valence-corrected chi connectivity index (χ4v) is 1.51. The van der Waals surface area contributed by atoms with E-state index in [0.29, 0.717) is 12.3 Å². The largest absolute Gasteiger partial charge is 0.481 e. The molecule has 0 aromatic carbocycles. The van der Waals surface area contributed by atoms with Crippen molar-refractivity contribution >= 4 is 23.6 Å². The van der Waals surface area contributed by atoms with Gasteiger partial charge in [0.15, 0.2) is 0 Å². The highest BCUT2D eigenvalue weighted by Gasteiger charge is 2.12. The van der Waals surface area contributed by atoms with Crippen LogP contribution < -0.4 is 10.1 Å². The van der Waals surface area contributed by atoms with Crippen LogP contribution in [0.25, 0.3) is 0 Å². The third-order valence-electron chi connectivity index (χ3n) is 1.68. The zero-order valence-corrected chi connectivity index (χ0v) is 9.95. The fourth-order valence-electron chi connectivity index (χ4n) is 0.946. The summed E-state index contributed by atoms with van der Waals surface area (Å²) in [5.74, 6) is -0.450. The molecule has 0 unspecified atom stereocenters. The van der Waals surface area contributed by atoms with Crippen LogP contribution >= 0.6 is 11.8 Å². The standard InChI is InChI=1S/C9H12N2O5S/c1-15-7-4-6(16-11-7)9(14)10-2-3-17-5-8(12)13/h4H,2-3,5H2,1H3,(H,10,14)(H,12,13). The number of aliphatic carboxylic acids is 1. The monoisotopic (exact) mass is 260 g/mol. The fraction of sp³-hybridized carbons (Fsp3) is 0.444. The van der Waals surface area contributed by atoms with Crippen LogP contribution in [0.4, 0.5) is 0 Å². The van der Waals surface area contributed by atoms with Crippen molar-refractivity contribution in [3.05, 3.63) is 11.8 Å². The molecule has 0 bridgehead atoms. The number of amides is 1. The highest BCUT2D eigenvalue weighted by atomic mass is 32.2. The highest BCUT2D eigenvalue weighted by molar-refractivity contribution is 7.99. The summed E-state index contributed by atoms with van der Waals surface area (Å²) < 4.78 is 9.48. The maximum Gasteiger partial charge on any atom is 0.313 e. The molecule has 0 saturated heterocycles.